The summed E-state index contributed by atoms with van der Waals surface area (Å²) >= 11 is 0. The molecular formula is C6H11N3O2. The maximum Gasteiger partial charge on any atom is 0.342 e. The number of hydrogen-bond acceptors (Lipinski definition) is 3. The van der Waals surface area contributed by atoms with Gasteiger partial charge in [0.15, 0.2) is 6.33 Å². The molecule has 0 spiro atoms. The fourth-order valence-corrected chi connectivity index (χ4v) is 0.526. The second-order valence-corrected chi connectivity index (χ2v) is 1.62. The quantitative estimate of drug-likeness (QED) is 0.456. The number of imidazole rings is 1. The Morgan fingerprint density at radius 1 is 1.64 bits per heavy atom. The lowest BCUT2D eigenvalue weighted by atomic mass is 10.8. The van der Waals surface area contributed by atoms with Crippen LogP contribution in [0.3, 0.4) is 0 Å². The molecule has 0 saturated carbocycles. The van der Waals surface area contributed by atoms with Gasteiger partial charge in [0.05, 0.1) is 7.05 Å². The van der Waals surface area contributed by atoms with Crippen molar-refractivity contribution in [1.82, 2.24) is 9.55 Å². The summed E-state index contributed by atoms with van der Waals surface area (Å²) in [7, 11) is 1.57. The molecule has 5 nitrogen and oxygen atoms in total. The lowest BCUT2D eigenvalue weighted by Crippen LogP contribution is -1.94. The van der Waals surface area contributed by atoms with E-state index in [9.17, 15) is 10.1 Å². The van der Waals surface area contributed by atoms with Gasteiger partial charge in [0.1, 0.15) is 6.20 Å². The first-order valence-electron chi connectivity index (χ1n) is 3.32. The van der Waals surface area contributed by atoms with Crippen molar-refractivity contribution in [3.63, 3.8) is 0 Å². The molecular weight excluding hydrogens is 146 g/mol. The summed E-state index contributed by atoms with van der Waals surface area (Å²) in [6, 6.07) is 0. The molecule has 62 valence electrons. The Balaban J connectivity index is 0.000000461. The summed E-state index contributed by atoms with van der Waals surface area (Å²) < 4.78 is 1.35. The Labute approximate surface area is 64.8 Å². The molecule has 1 heterocycles. The minimum atomic E-state index is -0.479. The Bertz CT molecular complexity index is 231. The Morgan fingerprint density at radius 3 is 2.36 bits per heavy atom. The molecule has 11 heavy (non-hydrogen) atoms. The molecule has 0 N–H and O–H groups in total. The first-order chi connectivity index (χ1) is 5.22. The van der Waals surface area contributed by atoms with E-state index < -0.39 is 4.92 Å². The normalized spacial score (nSPS) is 8.27. The zero-order valence-corrected chi connectivity index (χ0v) is 6.81. The van der Waals surface area contributed by atoms with Crippen LogP contribution in [0.5, 0.6) is 0 Å². The number of aromatic nitrogens is 2. The fourth-order valence-electron chi connectivity index (χ4n) is 0.526. The summed E-state index contributed by atoms with van der Waals surface area (Å²) in [5.41, 5.74) is 0. The van der Waals surface area contributed by atoms with E-state index >= 15 is 0 Å². The van der Waals surface area contributed by atoms with Crippen LogP contribution in [0.15, 0.2) is 12.5 Å². The summed E-state index contributed by atoms with van der Waals surface area (Å²) in [5.74, 6) is 0.00926. The van der Waals surface area contributed by atoms with Gasteiger partial charge in [-0.1, -0.05) is 13.8 Å². The Kier molecular flexibility index (Phi) is 3.87. The highest BCUT2D eigenvalue weighted by molar-refractivity contribution is 5.13. The van der Waals surface area contributed by atoms with Gasteiger partial charge in [-0.15, -0.1) is 0 Å². The average molecular weight is 157 g/mol. The Morgan fingerprint density at radius 2 is 2.18 bits per heavy atom. The average Bonchev–Trinajstić information content (AvgIpc) is 2.39. The molecule has 5 heteroatoms. The van der Waals surface area contributed by atoms with E-state index in [1.165, 1.54) is 17.1 Å². The molecule has 0 saturated heterocycles. The standard InChI is InChI=1S/C4H5N3O2.C2H6/c1-6-3-5-2-4(6)7(8)9;1-2/h2-3H,1H3;1-2H3. The monoisotopic (exact) mass is 157 g/mol. The molecule has 0 atom stereocenters. The van der Waals surface area contributed by atoms with Gasteiger partial charge in [0.2, 0.25) is 0 Å². The fraction of sp³-hybridized carbons (Fsp3) is 0.500. The SMILES string of the molecule is CC.Cn1cncc1[N+](=O)[O-]. The zero-order valence-electron chi connectivity index (χ0n) is 6.81. The largest absolute Gasteiger partial charge is 0.358 e. The molecule has 0 unspecified atom stereocenters. The van der Waals surface area contributed by atoms with Crippen LogP contribution in [0.1, 0.15) is 13.8 Å². The van der Waals surface area contributed by atoms with Crippen LogP contribution in [-0.4, -0.2) is 14.5 Å². The molecule has 1 aromatic rings. The first kappa shape index (κ1) is 9.61. The number of aryl methyl sites for hydroxylation is 1. The predicted octanol–water partition coefficient (Wildman–Crippen LogP) is 1.35. The van der Waals surface area contributed by atoms with Crippen LogP contribution in [0.25, 0.3) is 0 Å². The lowest BCUT2D eigenvalue weighted by Gasteiger charge is -1.89. The van der Waals surface area contributed by atoms with Gasteiger partial charge in [-0.25, -0.2) is 9.55 Å². The molecule has 0 aliphatic heterocycles. The van der Waals surface area contributed by atoms with Gasteiger partial charge in [-0.05, 0) is 4.92 Å². The third-order valence-electron chi connectivity index (χ3n) is 0.978. The highest BCUT2D eigenvalue weighted by Gasteiger charge is 2.06. The van der Waals surface area contributed by atoms with E-state index in [0.29, 0.717) is 0 Å². The van der Waals surface area contributed by atoms with E-state index in [1.807, 2.05) is 13.8 Å². The second kappa shape index (κ2) is 4.43. The lowest BCUT2D eigenvalue weighted by molar-refractivity contribution is -0.391. The molecule has 0 aliphatic rings. The maximum atomic E-state index is 10.0. The minimum absolute atomic E-state index is 0.00926. The van der Waals surface area contributed by atoms with Crippen LogP contribution in [-0.2, 0) is 7.05 Å². The highest BCUT2D eigenvalue weighted by Crippen LogP contribution is 2.05. The van der Waals surface area contributed by atoms with Crippen molar-refractivity contribution >= 4 is 5.82 Å². The minimum Gasteiger partial charge on any atom is -0.358 e. The first-order valence-corrected chi connectivity index (χ1v) is 3.32. The van der Waals surface area contributed by atoms with E-state index in [-0.39, 0.29) is 5.82 Å². The van der Waals surface area contributed by atoms with Crippen molar-refractivity contribution in [3.8, 4) is 0 Å². The van der Waals surface area contributed by atoms with Gasteiger partial charge in [-0.3, -0.25) is 0 Å². The number of nitro groups is 1. The highest BCUT2D eigenvalue weighted by atomic mass is 16.6. The van der Waals surface area contributed by atoms with E-state index in [0.717, 1.165) is 0 Å². The van der Waals surface area contributed by atoms with Gasteiger partial charge in [0.25, 0.3) is 0 Å². The molecule has 0 radical (unpaired) electrons. The van der Waals surface area contributed by atoms with Crippen LogP contribution in [0.4, 0.5) is 5.82 Å². The van der Waals surface area contributed by atoms with Crippen molar-refractivity contribution < 1.29 is 4.92 Å². The molecule has 0 fully saturated rings. The molecule has 0 aromatic carbocycles. The van der Waals surface area contributed by atoms with Gasteiger partial charge in [-0.2, -0.15) is 0 Å². The van der Waals surface area contributed by atoms with Gasteiger partial charge >= 0.3 is 5.82 Å². The summed E-state index contributed by atoms with van der Waals surface area (Å²) in [6.45, 7) is 4.00. The van der Waals surface area contributed by atoms with Crippen molar-refractivity contribution in [3.05, 3.63) is 22.6 Å². The Hall–Kier alpha value is -1.39. The number of nitrogens with zero attached hydrogens (tertiary/aromatic N) is 3. The van der Waals surface area contributed by atoms with Crippen LogP contribution in [0.2, 0.25) is 0 Å². The van der Waals surface area contributed by atoms with E-state index in [2.05, 4.69) is 4.98 Å². The summed E-state index contributed by atoms with van der Waals surface area (Å²) in [6.07, 6.45) is 2.60. The molecule has 0 aliphatic carbocycles. The van der Waals surface area contributed by atoms with E-state index in [1.54, 1.807) is 7.05 Å². The molecule has 0 bridgehead atoms. The van der Waals surface area contributed by atoms with Crippen LogP contribution < -0.4 is 0 Å². The predicted molar refractivity (Wildman–Crippen MR) is 41.2 cm³/mol. The molecule has 1 rings (SSSR count). The van der Waals surface area contributed by atoms with E-state index in [4.69, 9.17) is 0 Å². The second-order valence-electron chi connectivity index (χ2n) is 1.62. The number of rotatable bonds is 1. The smallest absolute Gasteiger partial charge is 0.342 e. The maximum absolute atomic E-state index is 10.0. The van der Waals surface area contributed by atoms with Crippen molar-refractivity contribution in [1.29, 1.82) is 0 Å². The third-order valence-corrected chi connectivity index (χ3v) is 0.978. The van der Waals surface area contributed by atoms with Gasteiger partial charge < -0.3 is 10.1 Å². The van der Waals surface area contributed by atoms with Crippen molar-refractivity contribution in [2.24, 2.45) is 7.05 Å². The van der Waals surface area contributed by atoms with Crippen LogP contribution in [0, 0.1) is 10.1 Å². The molecule has 1 aromatic heterocycles. The molecule has 0 amide bonds. The number of hydrogen-bond donors (Lipinski definition) is 0. The third kappa shape index (κ3) is 2.37. The van der Waals surface area contributed by atoms with Crippen LogP contribution >= 0.6 is 0 Å². The van der Waals surface area contributed by atoms with Crippen molar-refractivity contribution in [2.75, 3.05) is 0 Å². The van der Waals surface area contributed by atoms with Crippen molar-refractivity contribution in [2.45, 2.75) is 13.8 Å². The summed E-state index contributed by atoms with van der Waals surface area (Å²) in [5, 5.41) is 10.0. The summed E-state index contributed by atoms with van der Waals surface area (Å²) in [4.78, 5) is 13.1. The topological polar surface area (TPSA) is 61.0 Å². The van der Waals surface area contributed by atoms with Gasteiger partial charge in [0, 0.05) is 0 Å². The zero-order chi connectivity index (χ0) is 8.85.